The maximum atomic E-state index is 13.9. The summed E-state index contributed by atoms with van der Waals surface area (Å²) in [6.07, 6.45) is 0.964. The fourth-order valence-corrected chi connectivity index (χ4v) is 7.08. The number of nitrogens with zero attached hydrogens (tertiary/aromatic N) is 2. The van der Waals surface area contributed by atoms with Crippen molar-refractivity contribution in [3.63, 3.8) is 0 Å². The van der Waals surface area contributed by atoms with Crippen LogP contribution in [0.15, 0.2) is 53.4 Å². The Hall–Kier alpha value is -2.60. The minimum atomic E-state index is -3.94. The topological polar surface area (TPSA) is 107 Å². The lowest BCUT2D eigenvalue weighted by molar-refractivity contribution is -0.140. The second-order valence-corrected chi connectivity index (χ2v) is 12.8. The van der Waals surface area contributed by atoms with Gasteiger partial charge in [-0.3, -0.25) is 9.59 Å². The van der Waals surface area contributed by atoms with Crippen molar-refractivity contribution in [2.45, 2.75) is 60.8 Å². The molecule has 0 aromatic heterocycles. The van der Waals surface area contributed by atoms with Gasteiger partial charge in [0, 0.05) is 11.6 Å². The van der Waals surface area contributed by atoms with E-state index >= 15 is 0 Å². The number of carbonyl (C=O) groups is 2. The molecule has 2 aromatic rings. The molecule has 10 heteroatoms. The van der Waals surface area contributed by atoms with Crippen LogP contribution in [0.25, 0.3) is 0 Å². The third kappa shape index (κ3) is 5.10. The van der Waals surface area contributed by atoms with Crippen LogP contribution in [0, 0.1) is 17.2 Å². The summed E-state index contributed by atoms with van der Waals surface area (Å²) in [7, 11) is -3.94. The van der Waals surface area contributed by atoms with E-state index in [1.807, 2.05) is 13.8 Å². The van der Waals surface area contributed by atoms with Gasteiger partial charge in [0.1, 0.15) is 11.6 Å². The molecule has 0 spiro atoms. The summed E-state index contributed by atoms with van der Waals surface area (Å²) in [6.45, 7) is 3.64. The van der Waals surface area contributed by atoms with Crippen LogP contribution in [0.2, 0.25) is 10.0 Å². The highest BCUT2D eigenvalue weighted by atomic mass is 35.5. The summed E-state index contributed by atoms with van der Waals surface area (Å²) in [6, 6.07) is 14.2. The second-order valence-electron chi connectivity index (χ2n) is 9.80. The van der Waals surface area contributed by atoms with Gasteiger partial charge in [-0.2, -0.15) is 5.26 Å². The zero-order valence-corrected chi connectivity index (χ0v) is 22.3. The fraction of sp³-hybridized carbons (Fsp3) is 0.423. The molecular formula is C26H27Cl2N3O4S. The van der Waals surface area contributed by atoms with E-state index in [1.54, 1.807) is 36.4 Å². The Morgan fingerprint density at radius 3 is 2.31 bits per heavy atom. The Bertz CT molecular complexity index is 1320. The summed E-state index contributed by atoms with van der Waals surface area (Å²) < 4.78 is 27.1. The third-order valence-corrected chi connectivity index (χ3v) is 9.80. The lowest BCUT2D eigenvalue weighted by Gasteiger charge is -2.30. The van der Waals surface area contributed by atoms with Gasteiger partial charge in [0.05, 0.1) is 27.2 Å². The van der Waals surface area contributed by atoms with E-state index in [0.717, 1.165) is 5.56 Å². The first-order valence-corrected chi connectivity index (χ1v) is 14.1. The summed E-state index contributed by atoms with van der Waals surface area (Å²) in [4.78, 5) is 28.6. The van der Waals surface area contributed by atoms with Crippen molar-refractivity contribution in [1.82, 2.24) is 10.2 Å². The second kappa shape index (κ2) is 10.0. The van der Waals surface area contributed by atoms with Crippen LogP contribution in [-0.2, 0) is 19.4 Å². The molecule has 4 rings (SSSR count). The zero-order valence-electron chi connectivity index (χ0n) is 19.9. The number of amides is 2. The molecule has 2 aromatic carbocycles. The number of halogens is 2. The molecule has 3 unspecified atom stereocenters. The lowest BCUT2D eigenvalue weighted by Crippen LogP contribution is -2.50. The van der Waals surface area contributed by atoms with Crippen LogP contribution in [-0.4, -0.2) is 48.5 Å². The monoisotopic (exact) mass is 547 g/mol. The number of hydrogen-bond acceptors (Lipinski definition) is 5. The molecular weight excluding hydrogens is 521 g/mol. The first-order valence-electron chi connectivity index (χ1n) is 11.8. The maximum Gasteiger partial charge on any atom is 0.244 e. The van der Waals surface area contributed by atoms with Gasteiger partial charge in [0.2, 0.25) is 11.8 Å². The largest absolute Gasteiger partial charge is 0.336 e. The smallest absolute Gasteiger partial charge is 0.244 e. The summed E-state index contributed by atoms with van der Waals surface area (Å²) in [5.41, 5.74) is -0.217. The predicted molar refractivity (Wildman–Crippen MR) is 137 cm³/mol. The number of sulfone groups is 1. The molecule has 2 aliphatic rings. The van der Waals surface area contributed by atoms with E-state index in [0.29, 0.717) is 17.9 Å². The van der Waals surface area contributed by atoms with E-state index in [-0.39, 0.29) is 34.7 Å². The van der Waals surface area contributed by atoms with Gasteiger partial charge in [0.25, 0.3) is 0 Å². The molecule has 0 bridgehead atoms. The maximum absolute atomic E-state index is 13.9. The molecule has 2 amide bonds. The van der Waals surface area contributed by atoms with Crippen LogP contribution in [0.4, 0.5) is 0 Å². The van der Waals surface area contributed by atoms with E-state index in [1.165, 1.54) is 17.0 Å². The van der Waals surface area contributed by atoms with Crippen molar-refractivity contribution < 1.29 is 18.0 Å². The average Bonchev–Trinajstić information content (AvgIpc) is 3.45. The number of nitrogens with one attached hydrogen (secondary N) is 1. The van der Waals surface area contributed by atoms with Gasteiger partial charge < -0.3 is 10.2 Å². The van der Waals surface area contributed by atoms with Crippen LogP contribution in [0.5, 0.6) is 0 Å². The lowest BCUT2D eigenvalue weighted by atomic mass is 9.87. The van der Waals surface area contributed by atoms with Crippen molar-refractivity contribution in [3.8, 4) is 6.07 Å². The van der Waals surface area contributed by atoms with Gasteiger partial charge in [-0.25, -0.2) is 8.42 Å². The van der Waals surface area contributed by atoms with Crippen LogP contribution < -0.4 is 5.32 Å². The number of rotatable bonds is 7. The van der Waals surface area contributed by atoms with Crippen LogP contribution >= 0.6 is 23.2 Å². The van der Waals surface area contributed by atoms with Gasteiger partial charge in [-0.05, 0) is 55.0 Å². The summed E-state index contributed by atoms with van der Waals surface area (Å²) >= 11 is 12.2. The molecule has 1 saturated carbocycles. The molecule has 1 aliphatic carbocycles. The van der Waals surface area contributed by atoms with Crippen molar-refractivity contribution in [2.24, 2.45) is 5.92 Å². The Kier molecular flexibility index (Phi) is 7.38. The Morgan fingerprint density at radius 1 is 1.11 bits per heavy atom. The quantitative estimate of drug-likeness (QED) is 0.554. The number of likely N-dealkylation sites (tertiary alicyclic amines) is 1. The van der Waals surface area contributed by atoms with E-state index in [9.17, 15) is 23.3 Å². The van der Waals surface area contributed by atoms with Crippen LogP contribution in [0.1, 0.15) is 44.6 Å². The van der Waals surface area contributed by atoms with Gasteiger partial charge in [0.15, 0.2) is 9.84 Å². The molecule has 36 heavy (non-hydrogen) atoms. The standard InChI is InChI=1S/C26H27Cl2N3O4S/c1-16(2)23(17-7-9-18(27)10-8-17)25(33)31-14-19(36(34,35)22-6-4-3-5-20(22)28)13-21(31)24(32)30-26(15-29)11-12-26/h3-10,16,19,21,23H,11-14H2,1-2H3,(H,30,32). The molecule has 1 saturated heterocycles. The highest BCUT2D eigenvalue weighted by molar-refractivity contribution is 7.92. The van der Waals surface area contributed by atoms with Crippen molar-refractivity contribution in [3.05, 3.63) is 64.1 Å². The zero-order chi connectivity index (χ0) is 26.3. The number of hydrogen-bond donors (Lipinski definition) is 1. The Morgan fingerprint density at radius 2 is 1.75 bits per heavy atom. The molecule has 1 N–H and O–H groups in total. The molecule has 3 atom stereocenters. The van der Waals surface area contributed by atoms with E-state index in [4.69, 9.17) is 23.2 Å². The molecule has 2 fully saturated rings. The van der Waals surface area contributed by atoms with E-state index in [2.05, 4.69) is 11.4 Å². The van der Waals surface area contributed by atoms with Crippen molar-refractivity contribution in [2.75, 3.05) is 6.54 Å². The molecule has 190 valence electrons. The van der Waals surface area contributed by atoms with Gasteiger partial charge in [-0.15, -0.1) is 0 Å². The fourth-order valence-electron chi connectivity index (χ4n) is 4.74. The Balaban J connectivity index is 1.70. The van der Waals surface area contributed by atoms with Gasteiger partial charge in [-0.1, -0.05) is 61.3 Å². The summed E-state index contributed by atoms with van der Waals surface area (Å²) in [5, 5.41) is 11.8. The van der Waals surface area contributed by atoms with Crippen LogP contribution in [0.3, 0.4) is 0 Å². The average molecular weight is 548 g/mol. The van der Waals surface area contributed by atoms with Gasteiger partial charge >= 0.3 is 0 Å². The third-order valence-electron chi connectivity index (χ3n) is 6.92. The predicted octanol–water partition coefficient (Wildman–Crippen LogP) is 4.35. The Labute approximate surface area is 221 Å². The molecule has 0 radical (unpaired) electrons. The minimum absolute atomic E-state index is 0.0288. The minimum Gasteiger partial charge on any atom is -0.336 e. The highest BCUT2D eigenvalue weighted by Gasteiger charge is 2.51. The molecule has 1 heterocycles. The first kappa shape index (κ1) is 26.5. The first-order chi connectivity index (χ1) is 17.0. The molecule has 1 aliphatic heterocycles. The highest BCUT2D eigenvalue weighted by Crippen LogP contribution is 2.38. The number of benzene rings is 2. The number of nitriles is 1. The normalized spacial score (nSPS) is 21.6. The SMILES string of the molecule is CC(C)C(C(=O)N1CC(S(=O)(=O)c2ccccc2Cl)CC1C(=O)NC1(C#N)CC1)c1ccc(Cl)cc1. The van der Waals surface area contributed by atoms with Crippen molar-refractivity contribution in [1.29, 1.82) is 5.26 Å². The van der Waals surface area contributed by atoms with E-state index < -0.39 is 38.5 Å². The number of carbonyl (C=O) groups excluding carboxylic acids is 2. The molecule has 7 nitrogen and oxygen atoms in total. The summed E-state index contributed by atoms with van der Waals surface area (Å²) in [5.74, 6) is -1.59. The van der Waals surface area contributed by atoms with Crippen molar-refractivity contribution >= 4 is 44.9 Å².